The maximum absolute atomic E-state index is 13.4. The highest BCUT2D eigenvalue weighted by molar-refractivity contribution is 6.34. The largest absolute Gasteiger partial charge is 0.318 e. The first-order chi connectivity index (χ1) is 8.09. The first-order valence-electron chi connectivity index (χ1n) is 4.85. The lowest BCUT2D eigenvalue weighted by atomic mass is 10.2. The molecule has 0 saturated carbocycles. The summed E-state index contributed by atoms with van der Waals surface area (Å²) in [5.74, 6) is -1.03. The van der Waals surface area contributed by atoms with E-state index in [2.05, 4.69) is 15.5 Å². The van der Waals surface area contributed by atoms with Crippen LogP contribution in [0.15, 0.2) is 24.4 Å². The lowest BCUT2D eigenvalue weighted by Crippen LogP contribution is -2.13. The van der Waals surface area contributed by atoms with Gasteiger partial charge in [0.05, 0.1) is 22.5 Å². The fourth-order valence-corrected chi connectivity index (χ4v) is 1.59. The smallest absolute Gasteiger partial charge is 0.259 e. The number of amides is 1. The highest BCUT2D eigenvalue weighted by atomic mass is 35.5. The number of halogens is 2. The zero-order valence-electron chi connectivity index (χ0n) is 8.92. The molecule has 0 atom stereocenters. The Morgan fingerprint density at radius 2 is 2.29 bits per heavy atom. The van der Waals surface area contributed by atoms with E-state index in [0.29, 0.717) is 11.3 Å². The van der Waals surface area contributed by atoms with Crippen molar-refractivity contribution in [3.63, 3.8) is 0 Å². The standard InChI is InChI=1S/C11H9ClFN3O/c1-6-7(5-14-16-6)11(17)15-10-8(12)3-2-4-9(10)13/h2-5H,1H3,(H,14,16)(H,15,17). The van der Waals surface area contributed by atoms with E-state index in [4.69, 9.17) is 11.6 Å². The molecule has 0 aliphatic heterocycles. The van der Waals surface area contributed by atoms with E-state index >= 15 is 0 Å². The molecule has 6 heteroatoms. The number of nitrogens with one attached hydrogen (secondary N) is 2. The molecule has 0 aliphatic rings. The van der Waals surface area contributed by atoms with Crippen molar-refractivity contribution in [1.82, 2.24) is 10.2 Å². The van der Waals surface area contributed by atoms with E-state index in [1.807, 2.05) is 0 Å². The lowest BCUT2D eigenvalue weighted by molar-refractivity contribution is 0.102. The molecule has 0 spiro atoms. The van der Waals surface area contributed by atoms with Crippen LogP contribution in [0.1, 0.15) is 16.1 Å². The molecule has 1 amide bonds. The fourth-order valence-electron chi connectivity index (χ4n) is 1.38. The molecule has 4 nitrogen and oxygen atoms in total. The van der Waals surface area contributed by atoms with Gasteiger partial charge < -0.3 is 5.32 Å². The molecule has 2 aromatic rings. The van der Waals surface area contributed by atoms with E-state index < -0.39 is 11.7 Å². The Balaban J connectivity index is 2.28. The van der Waals surface area contributed by atoms with Crippen molar-refractivity contribution < 1.29 is 9.18 Å². The number of para-hydroxylation sites is 1. The SMILES string of the molecule is Cc1[nH]ncc1C(=O)Nc1c(F)cccc1Cl. The molecule has 1 heterocycles. The molecular weight excluding hydrogens is 245 g/mol. The molecule has 0 saturated heterocycles. The second-order valence-corrected chi connectivity index (χ2v) is 3.87. The number of benzene rings is 1. The van der Waals surface area contributed by atoms with Gasteiger partial charge in [-0.15, -0.1) is 0 Å². The van der Waals surface area contributed by atoms with E-state index in [1.54, 1.807) is 6.92 Å². The van der Waals surface area contributed by atoms with Gasteiger partial charge in [0.15, 0.2) is 0 Å². The van der Waals surface area contributed by atoms with Crippen LogP contribution in [-0.2, 0) is 0 Å². The number of aromatic amines is 1. The number of carbonyl (C=O) groups excluding carboxylic acids is 1. The van der Waals surface area contributed by atoms with Gasteiger partial charge in [0.25, 0.3) is 5.91 Å². The molecule has 1 aromatic carbocycles. The number of hydrogen-bond donors (Lipinski definition) is 2. The van der Waals surface area contributed by atoms with Crippen molar-refractivity contribution in [3.8, 4) is 0 Å². The van der Waals surface area contributed by atoms with Crippen LogP contribution in [0.2, 0.25) is 5.02 Å². The van der Waals surface area contributed by atoms with Gasteiger partial charge in [-0.3, -0.25) is 9.89 Å². The van der Waals surface area contributed by atoms with Gasteiger partial charge in [-0.05, 0) is 19.1 Å². The maximum Gasteiger partial charge on any atom is 0.259 e. The summed E-state index contributed by atoms with van der Waals surface area (Å²) in [7, 11) is 0. The second-order valence-electron chi connectivity index (χ2n) is 3.46. The quantitative estimate of drug-likeness (QED) is 0.865. The summed E-state index contributed by atoms with van der Waals surface area (Å²) in [6.07, 6.45) is 1.37. The average molecular weight is 254 g/mol. The number of carbonyl (C=O) groups is 1. The average Bonchev–Trinajstić information content (AvgIpc) is 2.70. The van der Waals surface area contributed by atoms with Crippen LogP contribution in [0.3, 0.4) is 0 Å². The van der Waals surface area contributed by atoms with Crippen molar-refractivity contribution in [2.45, 2.75) is 6.92 Å². The monoisotopic (exact) mass is 253 g/mol. The van der Waals surface area contributed by atoms with Gasteiger partial charge in [0.1, 0.15) is 5.82 Å². The number of aryl methyl sites for hydroxylation is 1. The Hall–Kier alpha value is -1.88. The second kappa shape index (κ2) is 4.55. The molecule has 17 heavy (non-hydrogen) atoms. The van der Waals surface area contributed by atoms with E-state index in [9.17, 15) is 9.18 Å². The number of hydrogen-bond acceptors (Lipinski definition) is 2. The van der Waals surface area contributed by atoms with E-state index in [-0.39, 0.29) is 10.7 Å². The molecule has 2 N–H and O–H groups in total. The predicted molar refractivity (Wildman–Crippen MR) is 62.7 cm³/mol. The molecule has 0 unspecified atom stereocenters. The van der Waals surface area contributed by atoms with Crippen LogP contribution in [0.4, 0.5) is 10.1 Å². The van der Waals surface area contributed by atoms with Crippen LogP contribution < -0.4 is 5.32 Å². The predicted octanol–water partition coefficient (Wildman–Crippen LogP) is 2.76. The number of nitrogens with zero attached hydrogens (tertiary/aromatic N) is 1. The van der Waals surface area contributed by atoms with Crippen molar-refractivity contribution >= 4 is 23.2 Å². The van der Waals surface area contributed by atoms with Crippen LogP contribution in [0.5, 0.6) is 0 Å². The van der Waals surface area contributed by atoms with Crippen LogP contribution in [0.25, 0.3) is 0 Å². The van der Waals surface area contributed by atoms with Gasteiger partial charge in [0.2, 0.25) is 0 Å². The van der Waals surface area contributed by atoms with Crippen LogP contribution >= 0.6 is 11.6 Å². The molecule has 0 bridgehead atoms. The number of H-pyrrole nitrogens is 1. The maximum atomic E-state index is 13.4. The normalized spacial score (nSPS) is 10.3. The summed E-state index contributed by atoms with van der Waals surface area (Å²) in [5.41, 5.74) is 0.930. The van der Waals surface area contributed by atoms with Gasteiger partial charge >= 0.3 is 0 Å². The first-order valence-corrected chi connectivity index (χ1v) is 5.22. The van der Waals surface area contributed by atoms with Crippen molar-refractivity contribution in [3.05, 3.63) is 46.5 Å². The van der Waals surface area contributed by atoms with Gasteiger partial charge in [-0.1, -0.05) is 17.7 Å². The number of anilines is 1. The Kier molecular flexibility index (Phi) is 3.10. The minimum absolute atomic E-state index is 0.0280. The van der Waals surface area contributed by atoms with Crippen molar-refractivity contribution in [2.24, 2.45) is 0 Å². The Morgan fingerprint density at radius 1 is 1.53 bits per heavy atom. The summed E-state index contributed by atoms with van der Waals surface area (Å²) in [5, 5.41) is 8.91. The summed E-state index contributed by atoms with van der Waals surface area (Å²) >= 11 is 5.80. The minimum atomic E-state index is -0.577. The Bertz CT molecular complexity index is 547. The highest BCUT2D eigenvalue weighted by Crippen LogP contribution is 2.25. The summed E-state index contributed by atoms with van der Waals surface area (Å²) < 4.78 is 13.4. The molecule has 0 fully saturated rings. The van der Waals surface area contributed by atoms with Crippen molar-refractivity contribution in [1.29, 1.82) is 0 Å². The molecule has 88 valence electrons. The summed E-state index contributed by atoms with van der Waals surface area (Å²) in [6, 6.07) is 4.20. The zero-order valence-corrected chi connectivity index (χ0v) is 9.68. The third kappa shape index (κ3) is 2.29. The third-order valence-electron chi connectivity index (χ3n) is 2.28. The lowest BCUT2D eigenvalue weighted by Gasteiger charge is -2.07. The number of rotatable bonds is 2. The summed E-state index contributed by atoms with van der Waals surface area (Å²) in [6.45, 7) is 1.70. The highest BCUT2D eigenvalue weighted by Gasteiger charge is 2.14. The van der Waals surface area contributed by atoms with E-state index in [0.717, 1.165) is 0 Å². The Labute approximate surface area is 102 Å². The fraction of sp³-hybridized carbons (Fsp3) is 0.0909. The molecular formula is C11H9ClFN3O. The Morgan fingerprint density at radius 3 is 2.88 bits per heavy atom. The third-order valence-corrected chi connectivity index (χ3v) is 2.59. The molecule has 0 radical (unpaired) electrons. The van der Waals surface area contributed by atoms with Gasteiger partial charge in [-0.2, -0.15) is 5.10 Å². The zero-order chi connectivity index (χ0) is 12.4. The molecule has 0 aliphatic carbocycles. The first kappa shape index (κ1) is 11.6. The number of aromatic nitrogens is 2. The van der Waals surface area contributed by atoms with Gasteiger partial charge in [0, 0.05) is 5.69 Å². The summed E-state index contributed by atoms with van der Waals surface area (Å²) in [4.78, 5) is 11.8. The molecule has 1 aromatic heterocycles. The van der Waals surface area contributed by atoms with E-state index in [1.165, 1.54) is 24.4 Å². The van der Waals surface area contributed by atoms with Gasteiger partial charge in [-0.25, -0.2) is 4.39 Å². The minimum Gasteiger partial charge on any atom is -0.318 e. The van der Waals surface area contributed by atoms with Crippen LogP contribution in [0, 0.1) is 12.7 Å². The molecule has 2 rings (SSSR count). The van der Waals surface area contributed by atoms with Crippen LogP contribution in [-0.4, -0.2) is 16.1 Å². The topological polar surface area (TPSA) is 57.8 Å². The van der Waals surface area contributed by atoms with Crippen molar-refractivity contribution in [2.75, 3.05) is 5.32 Å².